The Bertz CT molecular complexity index is 1330. The van der Waals surface area contributed by atoms with Gasteiger partial charge in [-0.15, -0.1) is 0 Å². The number of anilines is 2. The number of benzene rings is 2. The van der Waals surface area contributed by atoms with E-state index in [9.17, 15) is 18.6 Å². The van der Waals surface area contributed by atoms with Crippen LogP contribution in [0.5, 0.6) is 0 Å². The van der Waals surface area contributed by atoms with Gasteiger partial charge in [-0.1, -0.05) is 23.2 Å². The van der Waals surface area contributed by atoms with E-state index in [0.717, 1.165) is 0 Å². The van der Waals surface area contributed by atoms with Gasteiger partial charge in [0.1, 0.15) is 5.82 Å². The highest BCUT2D eigenvalue weighted by molar-refractivity contribution is 7.99. The SMILES string of the molecule is C=S(=O)(NC(C)=O)c1ccc(C(=O)Nc2ccc(Cl)cc2C(=O)Nc2ccc(Cl)cn2)cc1. The van der Waals surface area contributed by atoms with Gasteiger partial charge in [-0.2, -0.15) is 0 Å². The number of amides is 3. The zero-order valence-corrected chi connectivity index (χ0v) is 19.6. The van der Waals surface area contributed by atoms with Crippen molar-refractivity contribution in [3.63, 3.8) is 0 Å². The molecule has 170 valence electrons. The zero-order valence-electron chi connectivity index (χ0n) is 17.2. The maximum atomic E-state index is 12.8. The Morgan fingerprint density at radius 2 is 1.58 bits per heavy atom. The number of carbonyl (C=O) groups excluding carboxylic acids is 3. The van der Waals surface area contributed by atoms with E-state index in [-0.39, 0.29) is 27.5 Å². The summed E-state index contributed by atoms with van der Waals surface area (Å²) in [7, 11) is -3.03. The van der Waals surface area contributed by atoms with E-state index in [1.165, 1.54) is 61.7 Å². The molecule has 3 aromatic rings. The number of nitrogens with zero attached hydrogens (tertiary/aromatic N) is 1. The second-order valence-corrected chi connectivity index (χ2v) is 9.72. The lowest BCUT2D eigenvalue weighted by atomic mass is 10.1. The van der Waals surface area contributed by atoms with E-state index >= 15 is 0 Å². The molecule has 0 aliphatic rings. The van der Waals surface area contributed by atoms with Gasteiger partial charge in [-0.25, -0.2) is 9.19 Å². The molecule has 0 aliphatic heterocycles. The van der Waals surface area contributed by atoms with Crippen molar-refractivity contribution in [1.29, 1.82) is 0 Å². The molecule has 3 rings (SSSR count). The number of hydrogen-bond donors (Lipinski definition) is 3. The number of rotatable bonds is 6. The smallest absolute Gasteiger partial charge is 0.258 e. The van der Waals surface area contributed by atoms with Crippen molar-refractivity contribution in [1.82, 2.24) is 9.71 Å². The first-order chi connectivity index (χ1) is 15.5. The van der Waals surface area contributed by atoms with Crippen LogP contribution in [0.1, 0.15) is 27.6 Å². The number of pyridine rings is 1. The number of halogens is 2. The van der Waals surface area contributed by atoms with Crippen molar-refractivity contribution >= 4 is 68.0 Å². The van der Waals surface area contributed by atoms with Crippen molar-refractivity contribution in [3.05, 3.63) is 82.0 Å². The van der Waals surface area contributed by atoms with Gasteiger partial charge >= 0.3 is 0 Å². The number of carbonyl (C=O) groups is 3. The summed E-state index contributed by atoms with van der Waals surface area (Å²) in [5, 5.41) is 6.00. The highest BCUT2D eigenvalue weighted by atomic mass is 35.5. The van der Waals surface area contributed by atoms with Gasteiger partial charge in [0.2, 0.25) is 5.91 Å². The summed E-state index contributed by atoms with van der Waals surface area (Å²) in [5.41, 5.74) is 0.576. The Hall–Kier alpha value is -3.40. The Morgan fingerprint density at radius 1 is 0.909 bits per heavy atom. The molecule has 1 unspecified atom stereocenters. The molecule has 0 saturated carbocycles. The molecular formula is C22H18Cl2N4O4S. The summed E-state index contributed by atoms with van der Waals surface area (Å²) < 4.78 is 14.8. The zero-order chi connectivity index (χ0) is 24.2. The minimum Gasteiger partial charge on any atom is -0.321 e. The fourth-order valence-electron chi connectivity index (χ4n) is 2.76. The number of aromatic nitrogens is 1. The third-order valence-electron chi connectivity index (χ3n) is 4.25. The minimum atomic E-state index is -3.03. The third-order valence-corrected chi connectivity index (χ3v) is 6.36. The predicted molar refractivity (Wildman–Crippen MR) is 130 cm³/mol. The fourth-order valence-corrected chi connectivity index (χ4v) is 4.20. The third kappa shape index (κ3) is 6.32. The van der Waals surface area contributed by atoms with Gasteiger partial charge in [-0.05, 0) is 60.5 Å². The first-order valence-corrected chi connectivity index (χ1v) is 11.8. The quantitative estimate of drug-likeness (QED) is 0.438. The molecule has 8 nitrogen and oxygen atoms in total. The molecular weight excluding hydrogens is 487 g/mol. The summed E-state index contributed by atoms with van der Waals surface area (Å²) in [6.07, 6.45) is 1.39. The van der Waals surface area contributed by atoms with Crippen molar-refractivity contribution in [2.24, 2.45) is 0 Å². The van der Waals surface area contributed by atoms with E-state index in [4.69, 9.17) is 23.2 Å². The number of nitrogens with one attached hydrogen (secondary N) is 3. The van der Waals surface area contributed by atoms with Crippen LogP contribution in [0, 0.1) is 0 Å². The standard InChI is InChI=1S/C22H18Cl2N4O4S/c1-13(29)28-33(2,32)17-7-3-14(4-8-17)21(30)26-19-9-5-15(23)11-18(19)22(31)27-20-10-6-16(24)12-25-20/h3-12H,2H2,1H3,(H,26,30)(H,25,27,31)(H,28,29,32). The van der Waals surface area contributed by atoms with Crippen LogP contribution in [0.2, 0.25) is 10.0 Å². The van der Waals surface area contributed by atoms with Gasteiger partial charge in [-0.3, -0.25) is 19.1 Å². The molecule has 0 spiro atoms. The molecule has 33 heavy (non-hydrogen) atoms. The lowest BCUT2D eigenvalue weighted by Crippen LogP contribution is -2.28. The normalized spacial score (nSPS) is 12.3. The summed E-state index contributed by atoms with van der Waals surface area (Å²) in [5.74, 6) is 2.26. The van der Waals surface area contributed by atoms with E-state index in [0.29, 0.717) is 10.0 Å². The van der Waals surface area contributed by atoms with Crippen molar-refractivity contribution in [2.75, 3.05) is 10.6 Å². The average Bonchev–Trinajstić information content (AvgIpc) is 2.75. The van der Waals surface area contributed by atoms with Crippen molar-refractivity contribution in [3.8, 4) is 0 Å². The molecule has 0 saturated heterocycles. The topological polar surface area (TPSA) is 117 Å². The van der Waals surface area contributed by atoms with Crippen LogP contribution in [0.15, 0.2) is 65.7 Å². The monoisotopic (exact) mass is 504 g/mol. The maximum absolute atomic E-state index is 12.8. The molecule has 0 radical (unpaired) electrons. The van der Waals surface area contributed by atoms with Gasteiger partial charge in [0.05, 0.1) is 26.0 Å². The number of hydrogen-bond acceptors (Lipinski definition) is 5. The van der Waals surface area contributed by atoms with Crippen LogP contribution in [0.4, 0.5) is 11.5 Å². The summed E-state index contributed by atoms with van der Waals surface area (Å²) in [6, 6.07) is 13.3. The molecule has 0 fully saturated rings. The lowest BCUT2D eigenvalue weighted by Gasteiger charge is -2.13. The van der Waals surface area contributed by atoms with E-state index in [2.05, 4.69) is 26.2 Å². The maximum Gasteiger partial charge on any atom is 0.258 e. The average molecular weight is 505 g/mol. The fraction of sp³-hybridized carbons (Fsp3) is 0.0455. The molecule has 3 N–H and O–H groups in total. The predicted octanol–water partition coefficient (Wildman–Crippen LogP) is 4.02. The molecule has 2 aromatic carbocycles. The molecule has 3 amide bonds. The second-order valence-electron chi connectivity index (χ2n) is 6.82. The van der Waals surface area contributed by atoms with Crippen LogP contribution >= 0.6 is 23.2 Å². The van der Waals surface area contributed by atoms with Crippen molar-refractivity contribution < 1.29 is 18.6 Å². The Morgan fingerprint density at radius 3 is 2.18 bits per heavy atom. The van der Waals surface area contributed by atoms with Crippen molar-refractivity contribution in [2.45, 2.75) is 11.8 Å². The van der Waals surface area contributed by atoms with Crippen LogP contribution in [0.25, 0.3) is 0 Å². The van der Waals surface area contributed by atoms with Gasteiger partial charge < -0.3 is 10.6 Å². The Balaban J connectivity index is 1.80. The highest BCUT2D eigenvalue weighted by Gasteiger charge is 2.17. The lowest BCUT2D eigenvalue weighted by molar-refractivity contribution is -0.117. The van der Waals surface area contributed by atoms with Crippen LogP contribution in [-0.4, -0.2) is 32.8 Å². The van der Waals surface area contributed by atoms with E-state index < -0.39 is 27.4 Å². The Labute approximate surface area is 200 Å². The Kier molecular flexibility index (Phi) is 7.37. The summed E-state index contributed by atoms with van der Waals surface area (Å²) in [4.78, 5) is 41.0. The van der Waals surface area contributed by atoms with Gasteiger partial charge in [0.25, 0.3) is 11.8 Å². The van der Waals surface area contributed by atoms with E-state index in [1.807, 2.05) is 0 Å². The largest absolute Gasteiger partial charge is 0.321 e. The van der Waals surface area contributed by atoms with Gasteiger partial charge in [0.15, 0.2) is 0 Å². The minimum absolute atomic E-state index is 0.121. The van der Waals surface area contributed by atoms with Gasteiger partial charge in [0, 0.05) is 28.6 Å². The van der Waals surface area contributed by atoms with Crippen LogP contribution in [0.3, 0.4) is 0 Å². The molecule has 1 heterocycles. The van der Waals surface area contributed by atoms with E-state index in [1.54, 1.807) is 6.07 Å². The van der Waals surface area contributed by atoms with Crippen LogP contribution < -0.4 is 15.4 Å². The summed E-state index contributed by atoms with van der Waals surface area (Å²) in [6.45, 7) is 1.23. The highest BCUT2D eigenvalue weighted by Crippen LogP contribution is 2.23. The first kappa shape index (κ1) is 24.2. The first-order valence-electron chi connectivity index (χ1n) is 9.34. The molecule has 1 atom stereocenters. The van der Waals surface area contributed by atoms with Crippen LogP contribution in [-0.2, 0) is 14.5 Å². The molecule has 0 bridgehead atoms. The second kappa shape index (κ2) is 10.0. The molecule has 1 aromatic heterocycles. The summed E-state index contributed by atoms with van der Waals surface area (Å²) >= 11 is 11.9. The molecule has 0 aliphatic carbocycles. The molecule has 11 heteroatoms.